The van der Waals surface area contributed by atoms with Crippen LogP contribution in [0.1, 0.15) is 16.7 Å². The molecule has 0 unspecified atom stereocenters. The Morgan fingerprint density at radius 3 is 2.12 bits per heavy atom. The Hall–Kier alpha value is -4.88. The summed E-state index contributed by atoms with van der Waals surface area (Å²) in [4.78, 5) is 14.1. The molecule has 0 fully saturated rings. The monoisotopic (exact) mass is 586 g/mol. The first-order valence-electron chi connectivity index (χ1n) is 14.1. The summed E-state index contributed by atoms with van der Waals surface area (Å²) in [5.41, 5.74) is 4.77. The fourth-order valence-electron chi connectivity index (χ4n) is 4.92. The third-order valence-electron chi connectivity index (χ3n) is 7.15. The minimum atomic E-state index is -0.495. The zero-order chi connectivity index (χ0) is 29.4. The number of methoxy groups -OCH3 is 1. The Bertz CT molecular complexity index is 1810. The molecule has 1 heterocycles. The molecule has 7 heteroatoms. The van der Waals surface area contributed by atoms with Gasteiger partial charge in [0.15, 0.2) is 0 Å². The van der Waals surface area contributed by atoms with Crippen molar-refractivity contribution in [3.8, 4) is 5.75 Å². The van der Waals surface area contributed by atoms with E-state index in [2.05, 4.69) is 52.7 Å². The van der Waals surface area contributed by atoms with Gasteiger partial charge in [0.05, 0.1) is 12.6 Å². The van der Waals surface area contributed by atoms with Crippen LogP contribution in [0, 0.1) is 0 Å². The van der Waals surface area contributed by atoms with Crippen LogP contribution < -0.4 is 15.0 Å². The third kappa shape index (κ3) is 6.63. The molecule has 0 bridgehead atoms. The number of anilines is 3. The fraction of sp³-hybridized carbons (Fsp3) is 0.111. The van der Waals surface area contributed by atoms with Crippen molar-refractivity contribution in [1.29, 1.82) is 0 Å². The number of ether oxygens (including phenoxy) is 1. The summed E-state index contributed by atoms with van der Waals surface area (Å²) in [5.74, 6) is 2.13. The maximum absolute atomic E-state index is 13.6. The van der Waals surface area contributed by atoms with E-state index in [1.54, 1.807) is 18.9 Å². The molecule has 1 aromatic heterocycles. The van der Waals surface area contributed by atoms with E-state index in [9.17, 15) is 4.39 Å². The predicted octanol–water partition coefficient (Wildman–Crippen LogP) is 9.21. The van der Waals surface area contributed by atoms with Gasteiger partial charge < -0.3 is 15.0 Å². The summed E-state index contributed by atoms with van der Waals surface area (Å²) in [5, 5.41) is 4.44. The lowest BCUT2D eigenvalue weighted by atomic mass is 10.1. The smallest absolute Gasteiger partial charge is 0.225 e. The van der Waals surface area contributed by atoms with Crippen LogP contribution in [0.25, 0.3) is 10.9 Å². The Balaban J connectivity index is 1.35. The first kappa shape index (κ1) is 28.2. The standard InChI is InChI=1S/C36H31FN4OS/c1-42-30-21-19-29(20-22-30)41(25-26-11-3-2-4-12-26)35-31-15-7-8-16-32(31)39-36(40-35)38-24-28-14-6-10-18-34(28)43-33-17-9-5-13-27(33)23-37/h2-22H,23-25H2,1H3,(H,38,39,40). The van der Waals surface area contributed by atoms with Crippen molar-refractivity contribution in [2.75, 3.05) is 17.3 Å². The molecule has 0 aliphatic carbocycles. The summed E-state index contributed by atoms with van der Waals surface area (Å²) < 4.78 is 19.1. The minimum absolute atomic E-state index is 0.495. The summed E-state index contributed by atoms with van der Waals surface area (Å²) in [6.07, 6.45) is 0. The van der Waals surface area contributed by atoms with E-state index in [1.807, 2.05) is 84.9 Å². The number of aromatic nitrogens is 2. The van der Waals surface area contributed by atoms with E-state index in [-0.39, 0.29) is 0 Å². The van der Waals surface area contributed by atoms with Gasteiger partial charge in [-0.05, 0) is 65.2 Å². The molecular formula is C36H31FN4OS. The zero-order valence-electron chi connectivity index (χ0n) is 23.8. The average Bonchev–Trinajstić information content (AvgIpc) is 3.07. The van der Waals surface area contributed by atoms with Gasteiger partial charge >= 0.3 is 0 Å². The maximum Gasteiger partial charge on any atom is 0.225 e. The van der Waals surface area contributed by atoms with Gasteiger partial charge in [-0.1, -0.05) is 90.6 Å². The molecule has 214 valence electrons. The number of nitrogens with zero attached hydrogens (tertiary/aromatic N) is 3. The van der Waals surface area contributed by atoms with Gasteiger partial charge in [-0.15, -0.1) is 0 Å². The largest absolute Gasteiger partial charge is 0.497 e. The fourth-order valence-corrected chi connectivity index (χ4v) is 5.97. The Morgan fingerprint density at radius 2 is 1.37 bits per heavy atom. The molecule has 6 aromatic rings. The number of alkyl halides is 1. The van der Waals surface area contributed by atoms with Gasteiger partial charge in [0.2, 0.25) is 5.95 Å². The molecule has 0 atom stereocenters. The van der Waals surface area contributed by atoms with Crippen molar-refractivity contribution in [2.45, 2.75) is 29.6 Å². The van der Waals surface area contributed by atoms with Crippen molar-refractivity contribution in [3.63, 3.8) is 0 Å². The lowest BCUT2D eigenvalue weighted by Crippen LogP contribution is -2.19. The van der Waals surface area contributed by atoms with E-state index >= 15 is 0 Å². The molecule has 0 amide bonds. The van der Waals surface area contributed by atoms with Crippen molar-refractivity contribution in [3.05, 3.63) is 144 Å². The SMILES string of the molecule is COc1ccc(N(Cc2ccccc2)c2nc(NCc3ccccc3Sc3ccccc3CF)nc3ccccc23)cc1. The van der Waals surface area contributed by atoms with Gasteiger partial charge in [0.25, 0.3) is 0 Å². The number of benzene rings is 5. The number of halogens is 1. The van der Waals surface area contributed by atoms with Crippen LogP contribution in [0.3, 0.4) is 0 Å². The Kier molecular flexibility index (Phi) is 8.80. The van der Waals surface area contributed by atoms with Gasteiger partial charge in [-0.3, -0.25) is 0 Å². The molecule has 0 saturated carbocycles. The highest BCUT2D eigenvalue weighted by Crippen LogP contribution is 2.35. The van der Waals surface area contributed by atoms with Gasteiger partial charge in [-0.25, -0.2) is 9.37 Å². The summed E-state index contributed by atoms with van der Waals surface area (Å²) in [7, 11) is 1.67. The van der Waals surface area contributed by atoms with E-state index < -0.39 is 6.67 Å². The number of nitrogens with one attached hydrogen (secondary N) is 1. The van der Waals surface area contributed by atoms with Crippen molar-refractivity contribution < 1.29 is 9.13 Å². The predicted molar refractivity (Wildman–Crippen MR) is 174 cm³/mol. The number of para-hydroxylation sites is 1. The van der Waals surface area contributed by atoms with Crippen LogP contribution in [-0.2, 0) is 19.8 Å². The second-order valence-corrected chi connectivity index (χ2v) is 11.0. The molecule has 0 radical (unpaired) electrons. The topological polar surface area (TPSA) is 50.3 Å². The molecule has 0 aliphatic heterocycles. The number of fused-ring (bicyclic) bond motifs is 1. The van der Waals surface area contributed by atoms with Crippen LogP contribution in [-0.4, -0.2) is 17.1 Å². The molecule has 5 aromatic carbocycles. The second-order valence-electron chi connectivity index (χ2n) is 9.96. The second kappa shape index (κ2) is 13.4. The molecule has 0 aliphatic rings. The summed E-state index contributed by atoms with van der Waals surface area (Å²) in [6.45, 7) is 0.645. The Labute approximate surface area is 255 Å². The van der Waals surface area contributed by atoms with Crippen LogP contribution >= 0.6 is 11.8 Å². The van der Waals surface area contributed by atoms with E-state index in [4.69, 9.17) is 14.7 Å². The number of rotatable bonds is 11. The summed E-state index contributed by atoms with van der Waals surface area (Å²) in [6, 6.07) is 42.2. The normalized spacial score (nSPS) is 10.9. The highest BCUT2D eigenvalue weighted by atomic mass is 32.2. The first-order chi connectivity index (χ1) is 21.2. The average molecular weight is 587 g/mol. The molecule has 1 N–H and O–H groups in total. The van der Waals surface area contributed by atoms with Crippen molar-refractivity contribution >= 4 is 40.1 Å². The highest BCUT2D eigenvalue weighted by Gasteiger charge is 2.18. The van der Waals surface area contributed by atoms with Crippen LogP contribution in [0.4, 0.5) is 21.8 Å². The Morgan fingerprint density at radius 1 is 0.721 bits per heavy atom. The van der Waals surface area contributed by atoms with Crippen LogP contribution in [0.2, 0.25) is 0 Å². The van der Waals surface area contributed by atoms with Gasteiger partial charge in [-0.2, -0.15) is 4.98 Å². The van der Waals surface area contributed by atoms with Gasteiger partial charge in [0.1, 0.15) is 18.2 Å². The quantitative estimate of drug-likeness (QED) is 0.163. The van der Waals surface area contributed by atoms with E-state index in [1.165, 1.54) is 0 Å². The lowest BCUT2D eigenvalue weighted by Gasteiger charge is -2.26. The molecule has 5 nitrogen and oxygen atoms in total. The van der Waals surface area contributed by atoms with Gasteiger partial charge in [0, 0.05) is 34.0 Å². The summed E-state index contributed by atoms with van der Waals surface area (Å²) >= 11 is 1.57. The van der Waals surface area contributed by atoms with E-state index in [0.717, 1.165) is 49.1 Å². The third-order valence-corrected chi connectivity index (χ3v) is 8.39. The molecular weight excluding hydrogens is 555 g/mol. The highest BCUT2D eigenvalue weighted by molar-refractivity contribution is 7.99. The molecule has 0 saturated heterocycles. The molecule has 43 heavy (non-hydrogen) atoms. The lowest BCUT2D eigenvalue weighted by molar-refractivity contribution is 0.415. The molecule has 0 spiro atoms. The zero-order valence-corrected chi connectivity index (χ0v) is 24.6. The first-order valence-corrected chi connectivity index (χ1v) is 14.9. The van der Waals surface area contributed by atoms with Crippen molar-refractivity contribution in [1.82, 2.24) is 9.97 Å². The van der Waals surface area contributed by atoms with Crippen LogP contribution in [0.5, 0.6) is 5.75 Å². The minimum Gasteiger partial charge on any atom is -0.497 e. The number of hydrogen-bond acceptors (Lipinski definition) is 6. The van der Waals surface area contributed by atoms with E-state index in [0.29, 0.717) is 24.6 Å². The number of hydrogen-bond donors (Lipinski definition) is 1. The molecule has 6 rings (SSSR count). The van der Waals surface area contributed by atoms with Crippen molar-refractivity contribution in [2.24, 2.45) is 0 Å². The van der Waals surface area contributed by atoms with Crippen LogP contribution in [0.15, 0.2) is 137 Å². The maximum atomic E-state index is 13.6.